The number of para-hydroxylation sites is 2. The maximum Gasteiger partial charge on any atom is 0.750 e. The van der Waals surface area contributed by atoms with Gasteiger partial charge in [-0.15, -0.1) is 9.05 Å². The fraction of sp³-hybridized carbons (Fsp3) is 0.438. The van der Waals surface area contributed by atoms with Gasteiger partial charge in [0.15, 0.2) is 11.5 Å². The summed E-state index contributed by atoms with van der Waals surface area (Å²) < 4.78 is 43.8. The van der Waals surface area contributed by atoms with Crippen LogP contribution in [0.5, 0.6) is 11.5 Å². The molecule has 2 atom stereocenters. The summed E-state index contributed by atoms with van der Waals surface area (Å²) in [6, 6.07) is 26.5. The highest BCUT2D eigenvalue weighted by molar-refractivity contribution is 7.34. The number of hydrogen-bond acceptors (Lipinski definition) is 6. The van der Waals surface area contributed by atoms with Crippen LogP contribution in [0, 0.1) is 6.92 Å². The summed E-state index contributed by atoms with van der Waals surface area (Å²) >= 11 is 0. The summed E-state index contributed by atoms with van der Waals surface area (Å²) in [6.45, 7) is 9.44. The quantitative estimate of drug-likeness (QED) is 0.122. The smallest absolute Gasteiger partial charge is 0.229 e. The molecule has 0 N–H and O–H groups in total. The predicted molar refractivity (Wildman–Crippen MR) is 165 cm³/mol. The van der Waals surface area contributed by atoms with E-state index in [-0.39, 0.29) is 0 Å². The molecular formula is C32H46O6P2+2. The first-order chi connectivity index (χ1) is 19.5. The first kappa shape index (κ1) is 35.4. The molecule has 0 amide bonds. The van der Waals surface area contributed by atoms with E-state index in [0.29, 0.717) is 24.7 Å². The molecule has 8 heteroatoms. The highest BCUT2D eigenvalue weighted by Crippen LogP contribution is 2.29. The van der Waals surface area contributed by atoms with Gasteiger partial charge in [-0.2, -0.15) is 0 Å². The van der Waals surface area contributed by atoms with Crippen molar-refractivity contribution in [1.29, 1.82) is 0 Å². The lowest BCUT2D eigenvalue weighted by Gasteiger charge is -1.96. The van der Waals surface area contributed by atoms with Gasteiger partial charge in [-0.1, -0.05) is 119 Å². The van der Waals surface area contributed by atoms with Crippen LogP contribution in [0.2, 0.25) is 0 Å². The number of benzene rings is 3. The van der Waals surface area contributed by atoms with Gasteiger partial charge < -0.3 is 0 Å². The fourth-order valence-electron chi connectivity index (χ4n) is 3.20. The molecule has 218 valence electrons. The summed E-state index contributed by atoms with van der Waals surface area (Å²) in [5.41, 5.74) is 2.76. The van der Waals surface area contributed by atoms with Crippen molar-refractivity contribution in [1.82, 2.24) is 0 Å². The first-order valence-corrected chi connectivity index (χ1v) is 16.4. The van der Waals surface area contributed by atoms with E-state index in [1.165, 1.54) is 30.4 Å². The lowest BCUT2D eigenvalue weighted by Crippen LogP contribution is -1.93. The Bertz CT molecular complexity index is 969. The van der Waals surface area contributed by atoms with Gasteiger partial charge in [0, 0.05) is 9.13 Å². The van der Waals surface area contributed by atoms with Crippen LogP contribution in [-0.4, -0.2) is 13.2 Å². The van der Waals surface area contributed by atoms with Crippen LogP contribution in [0.4, 0.5) is 0 Å². The van der Waals surface area contributed by atoms with Crippen LogP contribution in [0.25, 0.3) is 0 Å². The molecule has 0 spiro atoms. The van der Waals surface area contributed by atoms with Gasteiger partial charge in [0.1, 0.15) is 13.2 Å². The zero-order valence-corrected chi connectivity index (χ0v) is 26.3. The van der Waals surface area contributed by atoms with Crippen LogP contribution in [-0.2, 0) is 24.6 Å². The monoisotopic (exact) mass is 588 g/mol. The van der Waals surface area contributed by atoms with Gasteiger partial charge in [0.05, 0.1) is 0 Å². The van der Waals surface area contributed by atoms with Gasteiger partial charge in [-0.3, -0.25) is 0 Å². The largest absolute Gasteiger partial charge is 0.750 e. The average Bonchev–Trinajstić information content (AvgIpc) is 2.97. The fourth-order valence-corrected chi connectivity index (χ4v) is 4.45. The number of unbranched alkanes of at least 4 members (excludes halogenated alkanes) is 5. The number of rotatable bonds is 16. The van der Waals surface area contributed by atoms with Crippen LogP contribution >= 0.6 is 16.5 Å². The molecule has 0 bridgehead atoms. The molecule has 3 aromatic rings. The first-order valence-electron chi connectivity index (χ1n) is 14.2. The van der Waals surface area contributed by atoms with Crippen molar-refractivity contribution < 1.29 is 27.2 Å². The van der Waals surface area contributed by atoms with Crippen molar-refractivity contribution in [3.05, 3.63) is 96.1 Å². The lowest BCUT2D eigenvalue weighted by atomic mass is 10.1. The van der Waals surface area contributed by atoms with E-state index in [9.17, 15) is 9.13 Å². The minimum Gasteiger partial charge on any atom is -0.229 e. The average molecular weight is 589 g/mol. The maximum atomic E-state index is 11.6. The zero-order chi connectivity index (χ0) is 29.3. The van der Waals surface area contributed by atoms with Crippen LogP contribution < -0.4 is 9.05 Å². The Labute approximate surface area is 243 Å². The van der Waals surface area contributed by atoms with E-state index in [1.54, 1.807) is 48.5 Å². The molecule has 0 aliphatic heterocycles. The Morgan fingerprint density at radius 1 is 0.550 bits per heavy atom. The van der Waals surface area contributed by atoms with Gasteiger partial charge >= 0.3 is 16.5 Å². The van der Waals surface area contributed by atoms with Crippen LogP contribution in [0.1, 0.15) is 76.8 Å². The molecule has 0 saturated heterocycles. The molecule has 3 aromatic carbocycles. The van der Waals surface area contributed by atoms with E-state index >= 15 is 0 Å². The molecule has 40 heavy (non-hydrogen) atoms. The molecule has 6 nitrogen and oxygen atoms in total. The molecule has 0 aromatic heterocycles. The summed E-state index contributed by atoms with van der Waals surface area (Å²) in [6.07, 6.45) is 8.55. The normalized spacial score (nSPS) is 10.8. The van der Waals surface area contributed by atoms with Gasteiger partial charge in [-0.25, -0.2) is 9.05 Å². The number of aryl methyl sites for hydroxylation is 2. The SMILES string of the molecule is CCCCC.CCc1ccc(C)cc1.O=[P+](OCCCCCCO[P+](=O)Oc1ccccc1)Oc1ccccc1. The lowest BCUT2D eigenvalue weighted by molar-refractivity contribution is 0.264. The van der Waals surface area contributed by atoms with Crippen molar-refractivity contribution in [2.24, 2.45) is 0 Å². The van der Waals surface area contributed by atoms with E-state index in [4.69, 9.17) is 18.1 Å². The molecule has 0 fully saturated rings. The van der Waals surface area contributed by atoms with Crippen molar-refractivity contribution in [2.75, 3.05) is 13.2 Å². The molecule has 0 radical (unpaired) electrons. The minimum absolute atomic E-state index is 0.369. The van der Waals surface area contributed by atoms with E-state index in [0.717, 1.165) is 32.1 Å². The highest BCUT2D eigenvalue weighted by atomic mass is 31.1. The molecule has 0 aliphatic rings. The van der Waals surface area contributed by atoms with Gasteiger partial charge in [0.25, 0.3) is 0 Å². The Morgan fingerprint density at radius 2 is 0.975 bits per heavy atom. The summed E-state index contributed by atoms with van der Waals surface area (Å²) in [4.78, 5) is 0. The van der Waals surface area contributed by atoms with Crippen molar-refractivity contribution in [3.63, 3.8) is 0 Å². The molecule has 3 rings (SSSR count). The Morgan fingerprint density at radius 3 is 1.32 bits per heavy atom. The van der Waals surface area contributed by atoms with Crippen LogP contribution in [0.3, 0.4) is 0 Å². The standard InChI is InChI=1S/C18H22O6P2.C9H12.C5H12/c19-25(23-17-11-5-3-6-12-17)21-15-9-1-2-10-16-22-26(20)24-18-13-7-4-8-14-18;1-3-9-6-4-8(2)5-7-9;1-3-5-4-2/h3-8,11-14H,1-2,9-10,15-16H2;4-7H,3H2,1-2H3;3-5H2,1-2H3/q+2;;. The summed E-state index contributed by atoms with van der Waals surface area (Å²) in [7, 11) is -4.30. The molecule has 2 unspecified atom stereocenters. The Balaban J connectivity index is 0.000000467. The minimum atomic E-state index is -2.15. The third-order valence-corrected chi connectivity index (χ3v) is 7.02. The second kappa shape index (κ2) is 24.2. The summed E-state index contributed by atoms with van der Waals surface area (Å²) in [5.74, 6) is 1.05. The molecular weight excluding hydrogens is 542 g/mol. The van der Waals surface area contributed by atoms with Crippen LogP contribution in [0.15, 0.2) is 84.9 Å². The Hall–Kier alpha value is -2.62. The van der Waals surface area contributed by atoms with E-state index in [1.807, 2.05) is 12.1 Å². The third kappa shape index (κ3) is 19.4. The van der Waals surface area contributed by atoms with Crippen molar-refractivity contribution in [2.45, 2.75) is 79.1 Å². The van der Waals surface area contributed by atoms with Gasteiger partial charge in [-0.05, 0) is 56.0 Å². The van der Waals surface area contributed by atoms with E-state index in [2.05, 4.69) is 52.0 Å². The van der Waals surface area contributed by atoms with Crippen molar-refractivity contribution >= 4 is 16.5 Å². The van der Waals surface area contributed by atoms with E-state index < -0.39 is 16.5 Å². The molecule has 0 saturated carbocycles. The maximum absolute atomic E-state index is 11.6. The van der Waals surface area contributed by atoms with Crippen molar-refractivity contribution in [3.8, 4) is 11.5 Å². The number of hydrogen-bond donors (Lipinski definition) is 0. The molecule has 0 aliphatic carbocycles. The topological polar surface area (TPSA) is 71.1 Å². The second-order valence-corrected chi connectivity index (χ2v) is 10.8. The highest BCUT2D eigenvalue weighted by Gasteiger charge is 2.22. The predicted octanol–water partition coefficient (Wildman–Crippen LogP) is 10.8. The third-order valence-electron chi connectivity index (χ3n) is 5.51. The van der Waals surface area contributed by atoms with Gasteiger partial charge in [0.2, 0.25) is 0 Å². The Kier molecular flexibility index (Phi) is 21.4. The molecule has 0 heterocycles. The second-order valence-electron chi connectivity index (χ2n) is 9.03. The zero-order valence-electron chi connectivity index (χ0n) is 24.5. The summed E-state index contributed by atoms with van der Waals surface area (Å²) in [5, 5.41) is 0.